The Labute approximate surface area is 414 Å². The number of carbonyl (C=O) groups excluding carboxylic acids is 3. The quantitative estimate of drug-likeness (QED) is 0.0262. The fraction of sp³-hybridized carbons (Fsp3) is 0.754. The predicted molar refractivity (Wildman–Crippen MR) is 288 cm³/mol. The van der Waals surface area contributed by atoms with Crippen molar-refractivity contribution in [2.45, 2.75) is 284 Å². The molecule has 0 spiro atoms. The van der Waals surface area contributed by atoms with Gasteiger partial charge in [0, 0.05) is 19.3 Å². The van der Waals surface area contributed by atoms with Crippen molar-refractivity contribution < 1.29 is 28.6 Å². The number of hydrogen-bond donors (Lipinski definition) is 0. The SMILES string of the molecule is CCCCC/C=C\C/C=C\C/C=C\CCCCCCC(=O)OC[C@H](COC(=O)CCCCCCCCC/C=C\CCCCCCCC)OC(=O)CCCCCCC/C=C\C/C=C\CCCCC. The summed E-state index contributed by atoms with van der Waals surface area (Å²) >= 11 is 0. The first-order valence-corrected chi connectivity index (χ1v) is 28.4. The van der Waals surface area contributed by atoms with Crippen LogP contribution in [0.2, 0.25) is 0 Å². The van der Waals surface area contributed by atoms with E-state index >= 15 is 0 Å². The van der Waals surface area contributed by atoms with Crippen LogP contribution in [-0.2, 0) is 28.6 Å². The number of allylic oxidation sites excluding steroid dienone is 12. The molecule has 0 unspecified atom stereocenters. The van der Waals surface area contributed by atoms with E-state index in [9.17, 15) is 14.4 Å². The second-order valence-electron chi connectivity index (χ2n) is 18.8. The lowest BCUT2D eigenvalue weighted by Gasteiger charge is -2.18. The van der Waals surface area contributed by atoms with Gasteiger partial charge >= 0.3 is 17.9 Å². The van der Waals surface area contributed by atoms with Gasteiger partial charge in [0.1, 0.15) is 13.2 Å². The molecule has 6 nitrogen and oxygen atoms in total. The fourth-order valence-corrected chi connectivity index (χ4v) is 7.83. The Kier molecular flexibility index (Phi) is 52.8. The molecular formula is C61H106O6. The summed E-state index contributed by atoms with van der Waals surface area (Å²) in [4.78, 5) is 38.1. The minimum absolute atomic E-state index is 0.0904. The molecule has 0 aliphatic carbocycles. The van der Waals surface area contributed by atoms with Crippen LogP contribution in [0.1, 0.15) is 278 Å². The van der Waals surface area contributed by atoms with E-state index in [2.05, 4.69) is 93.7 Å². The number of ether oxygens (including phenoxy) is 3. The zero-order chi connectivity index (χ0) is 48.6. The normalized spacial score (nSPS) is 12.6. The van der Waals surface area contributed by atoms with Gasteiger partial charge in [-0.3, -0.25) is 14.4 Å². The molecule has 0 bridgehead atoms. The standard InChI is InChI=1S/C61H106O6/c1-4-7-10-13-16-19-22-25-28-30-33-35-38-41-44-47-50-53-59(62)65-56-58(67-61(64)55-52-49-46-43-40-37-32-27-24-21-18-15-12-9-6-3)57-66-60(63)54-51-48-45-42-39-36-34-31-29-26-23-20-17-14-11-8-5-2/h16,18-19,21,25-29,32-33,35,58H,4-15,17,20,22-24,30-31,34,36-57H2,1-3H3/b19-16-,21-18-,28-25-,29-26-,32-27-,35-33-/t58-/m1/s1. The van der Waals surface area contributed by atoms with Crippen LogP contribution in [0.15, 0.2) is 72.9 Å². The van der Waals surface area contributed by atoms with Gasteiger partial charge in [-0.25, -0.2) is 0 Å². The molecule has 0 saturated heterocycles. The molecule has 0 fully saturated rings. The number of esters is 3. The summed E-state index contributed by atoms with van der Waals surface area (Å²) in [5, 5.41) is 0. The number of hydrogen-bond acceptors (Lipinski definition) is 6. The van der Waals surface area contributed by atoms with E-state index in [4.69, 9.17) is 14.2 Å². The maximum atomic E-state index is 12.8. The number of rotatable bonds is 51. The summed E-state index contributed by atoms with van der Waals surface area (Å²) in [6, 6.07) is 0. The van der Waals surface area contributed by atoms with E-state index < -0.39 is 6.10 Å². The first kappa shape index (κ1) is 63.8. The van der Waals surface area contributed by atoms with Gasteiger partial charge in [0.25, 0.3) is 0 Å². The highest BCUT2D eigenvalue weighted by molar-refractivity contribution is 5.71. The third kappa shape index (κ3) is 53.7. The number of carbonyl (C=O) groups is 3. The van der Waals surface area contributed by atoms with Gasteiger partial charge in [0.15, 0.2) is 6.10 Å². The maximum Gasteiger partial charge on any atom is 0.306 e. The predicted octanol–water partition coefficient (Wildman–Crippen LogP) is 19.0. The molecule has 0 aromatic rings. The molecule has 386 valence electrons. The minimum atomic E-state index is -0.794. The van der Waals surface area contributed by atoms with E-state index in [1.807, 2.05) is 0 Å². The van der Waals surface area contributed by atoms with Crippen molar-refractivity contribution in [3.63, 3.8) is 0 Å². The molecule has 0 aliphatic heterocycles. The molecular weight excluding hydrogens is 829 g/mol. The van der Waals surface area contributed by atoms with Crippen LogP contribution in [-0.4, -0.2) is 37.2 Å². The van der Waals surface area contributed by atoms with Crippen LogP contribution < -0.4 is 0 Å². The summed E-state index contributed by atoms with van der Waals surface area (Å²) in [6.07, 6.45) is 70.2. The summed E-state index contributed by atoms with van der Waals surface area (Å²) in [6.45, 7) is 6.56. The smallest absolute Gasteiger partial charge is 0.306 e. The highest BCUT2D eigenvalue weighted by atomic mass is 16.6. The summed E-state index contributed by atoms with van der Waals surface area (Å²) in [5.74, 6) is -0.924. The lowest BCUT2D eigenvalue weighted by Crippen LogP contribution is -2.30. The highest BCUT2D eigenvalue weighted by Crippen LogP contribution is 2.14. The summed E-state index contributed by atoms with van der Waals surface area (Å²) < 4.78 is 16.8. The lowest BCUT2D eigenvalue weighted by molar-refractivity contribution is -0.167. The van der Waals surface area contributed by atoms with Gasteiger partial charge in [0.05, 0.1) is 0 Å². The Balaban J connectivity index is 4.44. The molecule has 0 aromatic carbocycles. The molecule has 0 saturated carbocycles. The Bertz CT molecular complexity index is 1260. The molecule has 67 heavy (non-hydrogen) atoms. The van der Waals surface area contributed by atoms with Crippen LogP contribution >= 0.6 is 0 Å². The Morgan fingerprint density at radius 1 is 0.299 bits per heavy atom. The van der Waals surface area contributed by atoms with Gasteiger partial charge in [-0.1, -0.05) is 216 Å². The Morgan fingerprint density at radius 2 is 0.537 bits per heavy atom. The zero-order valence-corrected chi connectivity index (χ0v) is 44.2. The van der Waals surface area contributed by atoms with E-state index in [1.165, 1.54) is 128 Å². The van der Waals surface area contributed by atoms with E-state index in [0.717, 1.165) is 109 Å². The van der Waals surface area contributed by atoms with Gasteiger partial charge in [-0.2, -0.15) is 0 Å². The molecule has 6 heteroatoms. The van der Waals surface area contributed by atoms with Crippen LogP contribution in [0.25, 0.3) is 0 Å². The fourth-order valence-electron chi connectivity index (χ4n) is 7.83. The number of unbranched alkanes of at least 4 members (excludes halogenated alkanes) is 28. The van der Waals surface area contributed by atoms with Crippen LogP contribution in [0.5, 0.6) is 0 Å². The molecule has 0 amide bonds. The average Bonchev–Trinajstić information content (AvgIpc) is 3.33. The third-order valence-corrected chi connectivity index (χ3v) is 12.2. The van der Waals surface area contributed by atoms with E-state index in [-0.39, 0.29) is 31.1 Å². The van der Waals surface area contributed by atoms with Crippen molar-refractivity contribution in [3.8, 4) is 0 Å². The van der Waals surface area contributed by atoms with Crippen LogP contribution in [0.4, 0.5) is 0 Å². The molecule has 0 rings (SSSR count). The van der Waals surface area contributed by atoms with Crippen molar-refractivity contribution in [2.24, 2.45) is 0 Å². The van der Waals surface area contributed by atoms with Crippen molar-refractivity contribution in [1.82, 2.24) is 0 Å². The zero-order valence-electron chi connectivity index (χ0n) is 44.2. The topological polar surface area (TPSA) is 78.9 Å². The van der Waals surface area contributed by atoms with Gasteiger partial charge in [-0.05, 0) is 116 Å². The maximum absolute atomic E-state index is 12.8. The molecule has 1 atom stereocenters. The molecule has 0 aromatic heterocycles. The second kappa shape index (κ2) is 55.4. The summed E-state index contributed by atoms with van der Waals surface area (Å²) in [7, 11) is 0. The monoisotopic (exact) mass is 935 g/mol. The average molecular weight is 936 g/mol. The molecule has 0 radical (unpaired) electrons. The van der Waals surface area contributed by atoms with Crippen molar-refractivity contribution in [1.29, 1.82) is 0 Å². The van der Waals surface area contributed by atoms with Crippen molar-refractivity contribution in [2.75, 3.05) is 13.2 Å². The van der Waals surface area contributed by atoms with Crippen LogP contribution in [0.3, 0.4) is 0 Å². The van der Waals surface area contributed by atoms with E-state index in [0.29, 0.717) is 19.3 Å². The van der Waals surface area contributed by atoms with Gasteiger partial charge in [0.2, 0.25) is 0 Å². The highest BCUT2D eigenvalue weighted by Gasteiger charge is 2.19. The second-order valence-corrected chi connectivity index (χ2v) is 18.8. The Hall–Kier alpha value is -3.15. The first-order valence-electron chi connectivity index (χ1n) is 28.4. The third-order valence-electron chi connectivity index (χ3n) is 12.2. The van der Waals surface area contributed by atoms with Gasteiger partial charge in [-0.15, -0.1) is 0 Å². The molecule has 0 heterocycles. The molecule has 0 N–H and O–H groups in total. The van der Waals surface area contributed by atoms with Crippen molar-refractivity contribution in [3.05, 3.63) is 72.9 Å². The molecule has 0 aliphatic rings. The minimum Gasteiger partial charge on any atom is -0.462 e. The summed E-state index contributed by atoms with van der Waals surface area (Å²) in [5.41, 5.74) is 0. The first-order chi connectivity index (χ1) is 33.0. The lowest BCUT2D eigenvalue weighted by atomic mass is 10.1. The van der Waals surface area contributed by atoms with E-state index in [1.54, 1.807) is 0 Å². The van der Waals surface area contributed by atoms with Crippen molar-refractivity contribution >= 4 is 17.9 Å². The van der Waals surface area contributed by atoms with Gasteiger partial charge < -0.3 is 14.2 Å². The van der Waals surface area contributed by atoms with Crippen LogP contribution in [0, 0.1) is 0 Å². The largest absolute Gasteiger partial charge is 0.462 e. The Morgan fingerprint density at radius 3 is 0.881 bits per heavy atom.